The van der Waals surface area contributed by atoms with Crippen molar-refractivity contribution in [2.24, 2.45) is 0 Å². The van der Waals surface area contributed by atoms with E-state index in [2.05, 4.69) is 5.32 Å². The van der Waals surface area contributed by atoms with Crippen LogP contribution in [0.15, 0.2) is 95.5 Å². The number of aromatic nitrogens is 1. The van der Waals surface area contributed by atoms with Gasteiger partial charge in [-0.2, -0.15) is 0 Å². The SMILES string of the molecule is CNC(=O)c1c(-c2ccc(F)cc2)oc2cc(N(C)S(C)(=O)=O)c(-c3ccc4c(ccn4-c4cccc(F)c4)c3)cc12. The summed E-state index contributed by atoms with van der Waals surface area (Å²) in [5.41, 5.74) is 4.11. The van der Waals surface area contributed by atoms with Crippen LogP contribution in [0.5, 0.6) is 0 Å². The molecule has 0 aliphatic carbocycles. The minimum absolute atomic E-state index is 0.233. The van der Waals surface area contributed by atoms with E-state index in [1.54, 1.807) is 24.3 Å². The van der Waals surface area contributed by atoms with Crippen LogP contribution in [-0.4, -0.2) is 39.2 Å². The van der Waals surface area contributed by atoms with Crippen LogP contribution in [0.4, 0.5) is 14.5 Å². The van der Waals surface area contributed by atoms with Gasteiger partial charge in [-0.25, -0.2) is 17.2 Å². The molecule has 0 radical (unpaired) electrons. The van der Waals surface area contributed by atoms with Gasteiger partial charge in [-0.3, -0.25) is 9.10 Å². The van der Waals surface area contributed by atoms with Crippen molar-refractivity contribution in [1.82, 2.24) is 9.88 Å². The lowest BCUT2D eigenvalue weighted by molar-refractivity contribution is 0.0964. The second-order valence-electron chi connectivity index (χ2n) is 9.93. The first-order valence-electron chi connectivity index (χ1n) is 12.9. The Hall–Kier alpha value is -4.96. The van der Waals surface area contributed by atoms with Crippen LogP contribution in [-0.2, 0) is 10.0 Å². The number of carbonyl (C=O) groups excluding carboxylic acids is 1. The van der Waals surface area contributed by atoms with Crippen LogP contribution in [0.3, 0.4) is 0 Å². The maximum absolute atomic E-state index is 13.9. The number of amides is 1. The Bertz CT molecular complexity index is 2120. The van der Waals surface area contributed by atoms with Gasteiger partial charge in [0.15, 0.2) is 0 Å². The molecule has 1 N–H and O–H groups in total. The van der Waals surface area contributed by atoms with E-state index in [1.165, 1.54) is 50.5 Å². The number of carbonyl (C=O) groups is 1. The molecule has 10 heteroatoms. The van der Waals surface area contributed by atoms with Crippen molar-refractivity contribution in [1.29, 1.82) is 0 Å². The monoisotopic (exact) mass is 585 g/mol. The van der Waals surface area contributed by atoms with Gasteiger partial charge in [0.25, 0.3) is 5.91 Å². The molecule has 0 spiro atoms. The van der Waals surface area contributed by atoms with E-state index >= 15 is 0 Å². The van der Waals surface area contributed by atoms with E-state index in [9.17, 15) is 22.0 Å². The molecular weight excluding hydrogens is 560 g/mol. The highest BCUT2D eigenvalue weighted by molar-refractivity contribution is 7.92. The Morgan fingerprint density at radius 3 is 2.33 bits per heavy atom. The first kappa shape index (κ1) is 27.2. The largest absolute Gasteiger partial charge is 0.455 e. The molecule has 0 aliphatic rings. The number of sulfonamides is 1. The first-order valence-corrected chi connectivity index (χ1v) is 14.8. The van der Waals surface area contributed by atoms with E-state index in [-0.39, 0.29) is 17.1 Å². The van der Waals surface area contributed by atoms with Crippen LogP contribution in [0.25, 0.3) is 50.0 Å². The Morgan fingerprint density at radius 1 is 0.905 bits per heavy atom. The molecule has 7 nitrogen and oxygen atoms in total. The lowest BCUT2D eigenvalue weighted by Crippen LogP contribution is -2.25. The predicted molar refractivity (Wildman–Crippen MR) is 160 cm³/mol. The lowest BCUT2D eigenvalue weighted by Gasteiger charge is -2.21. The van der Waals surface area contributed by atoms with Gasteiger partial charge in [0.2, 0.25) is 10.0 Å². The minimum atomic E-state index is -3.68. The molecular formula is C32H25F2N3O4S. The molecule has 42 heavy (non-hydrogen) atoms. The Kier molecular flexibility index (Phi) is 6.58. The number of benzene rings is 4. The summed E-state index contributed by atoms with van der Waals surface area (Å²) in [5, 5.41) is 3.95. The molecule has 0 saturated carbocycles. The predicted octanol–water partition coefficient (Wildman–Crippen LogP) is 6.74. The summed E-state index contributed by atoms with van der Waals surface area (Å²) in [6, 6.07) is 22.7. The van der Waals surface area contributed by atoms with Crippen molar-refractivity contribution in [3.8, 4) is 28.1 Å². The van der Waals surface area contributed by atoms with Gasteiger partial charge >= 0.3 is 0 Å². The average Bonchev–Trinajstić information content (AvgIpc) is 3.56. The van der Waals surface area contributed by atoms with Crippen molar-refractivity contribution in [3.05, 3.63) is 108 Å². The number of furan rings is 1. The molecule has 1 amide bonds. The summed E-state index contributed by atoms with van der Waals surface area (Å²) >= 11 is 0. The normalized spacial score (nSPS) is 11.7. The number of fused-ring (bicyclic) bond motifs is 2. The summed E-state index contributed by atoms with van der Waals surface area (Å²) in [6.45, 7) is 0. The van der Waals surface area contributed by atoms with Gasteiger partial charge in [0, 0.05) is 53.9 Å². The van der Waals surface area contributed by atoms with Gasteiger partial charge in [0.1, 0.15) is 23.0 Å². The van der Waals surface area contributed by atoms with Crippen molar-refractivity contribution in [2.75, 3.05) is 24.7 Å². The number of hydrogen-bond donors (Lipinski definition) is 1. The van der Waals surface area contributed by atoms with E-state index in [1.807, 2.05) is 35.0 Å². The maximum atomic E-state index is 13.9. The Morgan fingerprint density at radius 2 is 1.64 bits per heavy atom. The third-order valence-electron chi connectivity index (χ3n) is 7.29. The number of hydrogen-bond acceptors (Lipinski definition) is 4. The standard InChI is InChI=1S/C32H25F2N3O4S/c1-35-32(38)30-26-17-25(20-9-12-27-21(15-20)13-14-37(27)24-6-4-5-23(34)16-24)28(36(2)42(3,39)40)18-29(26)41-31(30)19-7-10-22(33)11-8-19/h4-18H,1-3H3,(H,35,38). The molecule has 0 fully saturated rings. The van der Waals surface area contributed by atoms with Crippen LogP contribution >= 0.6 is 0 Å². The third kappa shape index (κ3) is 4.69. The Labute approximate surface area is 240 Å². The summed E-state index contributed by atoms with van der Waals surface area (Å²) < 4.78 is 62.1. The highest BCUT2D eigenvalue weighted by atomic mass is 32.2. The van der Waals surface area contributed by atoms with Gasteiger partial charge < -0.3 is 14.3 Å². The zero-order valence-corrected chi connectivity index (χ0v) is 23.7. The zero-order valence-electron chi connectivity index (χ0n) is 22.9. The fraction of sp³-hybridized carbons (Fsp3) is 0.0938. The van der Waals surface area contributed by atoms with Gasteiger partial charge in [0.05, 0.1) is 23.0 Å². The molecule has 2 aromatic heterocycles. The van der Waals surface area contributed by atoms with Crippen molar-refractivity contribution in [3.63, 3.8) is 0 Å². The molecule has 6 rings (SSSR count). The Balaban J connectivity index is 1.60. The van der Waals surface area contributed by atoms with E-state index < -0.39 is 21.7 Å². The molecule has 2 heterocycles. The van der Waals surface area contributed by atoms with Crippen molar-refractivity contribution in [2.45, 2.75) is 0 Å². The van der Waals surface area contributed by atoms with Crippen LogP contribution < -0.4 is 9.62 Å². The van der Waals surface area contributed by atoms with Crippen LogP contribution in [0.1, 0.15) is 10.4 Å². The second-order valence-corrected chi connectivity index (χ2v) is 11.9. The number of halogens is 2. The third-order valence-corrected chi connectivity index (χ3v) is 8.48. The van der Waals surface area contributed by atoms with Crippen molar-refractivity contribution >= 4 is 43.5 Å². The first-order chi connectivity index (χ1) is 20.0. The van der Waals surface area contributed by atoms with E-state index in [4.69, 9.17) is 4.42 Å². The van der Waals surface area contributed by atoms with Crippen LogP contribution in [0.2, 0.25) is 0 Å². The van der Waals surface area contributed by atoms with Gasteiger partial charge in [-0.05, 0) is 72.3 Å². The van der Waals surface area contributed by atoms with Crippen LogP contribution in [0, 0.1) is 11.6 Å². The molecule has 4 aromatic carbocycles. The summed E-state index contributed by atoms with van der Waals surface area (Å²) in [4.78, 5) is 13.1. The fourth-order valence-corrected chi connectivity index (χ4v) is 5.63. The highest BCUT2D eigenvalue weighted by Gasteiger charge is 2.26. The average molecular weight is 586 g/mol. The highest BCUT2D eigenvalue weighted by Crippen LogP contribution is 2.42. The number of nitrogens with zero attached hydrogens (tertiary/aromatic N) is 2. The maximum Gasteiger partial charge on any atom is 0.255 e. The number of anilines is 1. The molecule has 212 valence electrons. The molecule has 6 aromatic rings. The quantitative estimate of drug-likeness (QED) is 0.235. The molecule has 0 saturated heterocycles. The molecule has 0 unspecified atom stereocenters. The second kappa shape index (κ2) is 10.1. The fourth-order valence-electron chi connectivity index (χ4n) is 5.12. The topological polar surface area (TPSA) is 84.6 Å². The summed E-state index contributed by atoms with van der Waals surface area (Å²) in [5.74, 6) is -0.958. The van der Waals surface area contributed by atoms with E-state index in [0.29, 0.717) is 39.0 Å². The molecule has 0 bridgehead atoms. The molecule has 0 aliphatic heterocycles. The minimum Gasteiger partial charge on any atom is -0.455 e. The zero-order chi connectivity index (χ0) is 29.8. The summed E-state index contributed by atoms with van der Waals surface area (Å²) in [6.07, 6.45) is 2.94. The molecule has 0 atom stereocenters. The summed E-state index contributed by atoms with van der Waals surface area (Å²) in [7, 11) is -0.737. The smallest absolute Gasteiger partial charge is 0.255 e. The van der Waals surface area contributed by atoms with Crippen molar-refractivity contribution < 1.29 is 26.4 Å². The van der Waals surface area contributed by atoms with Gasteiger partial charge in [-0.15, -0.1) is 0 Å². The van der Waals surface area contributed by atoms with E-state index in [0.717, 1.165) is 21.5 Å². The van der Waals surface area contributed by atoms with Gasteiger partial charge in [-0.1, -0.05) is 12.1 Å². The number of nitrogens with one attached hydrogen (secondary N) is 1. The number of rotatable bonds is 6. The lowest BCUT2D eigenvalue weighted by atomic mass is 9.97.